The molecule has 3 aromatic rings. The van der Waals surface area contributed by atoms with Gasteiger partial charge < -0.3 is 5.32 Å². The maximum absolute atomic E-state index is 4.56. The number of pyridine rings is 1. The zero-order valence-corrected chi connectivity index (χ0v) is 15.8. The quantitative estimate of drug-likeness (QED) is 0.700. The monoisotopic (exact) mass is 357 g/mol. The van der Waals surface area contributed by atoms with Crippen LogP contribution in [0.25, 0.3) is 10.9 Å². The first kappa shape index (κ1) is 16.8. The van der Waals surface area contributed by atoms with E-state index in [2.05, 4.69) is 69.8 Å². The van der Waals surface area contributed by atoms with Gasteiger partial charge in [0, 0.05) is 24.7 Å². The Labute approximate surface area is 161 Å². The molecule has 2 aliphatic rings. The Morgan fingerprint density at radius 1 is 0.963 bits per heavy atom. The molecule has 1 saturated heterocycles. The summed E-state index contributed by atoms with van der Waals surface area (Å²) in [6.45, 7) is 4.65. The summed E-state index contributed by atoms with van der Waals surface area (Å²) in [5, 5.41) is 4.91. The van der Waals surface area contributed by atoms with Crippen molar-refractivity contribution in [1.82, 2.24) is 9.88 Å². The van der Waals surface area contributed by atoms with Crippen molar-refractivity contribution < 1.29 is 0 Å². The molecule has 1 aliphatic carbocycles. The van der Waals surface area contributed by atoms with E-state index in [1.165, 1.54) is 49.0 Å². The summed E-state index contributed by atoms with van der Waals surface area (Å²) in [5.41, 5.74) is 4.30. The summed E-state index contributed by atoms with van der Waals surface area (Å²) in [6.07, 6.45) is 5.96. The lowest BCUT2D eigenvalue weighted by molar-refractivity contribution is 0.157. The first-order valence-electron chi connectivity index (χ1n) is 10.2. The van der Waals surface area contributed by atoms with Crippen molar-refractivity contribution in [3.63, 3.8) is 0 Å². The second-order valence-corrected chi connectivity index (χ2v) is 8.29. The zero-order chi connectivity index (χ0) is 18.1. The summed E-state index contributed by atoms with van der Waals surface area (Å²) in [6, 6.07) is 21.4. The van der Waals surface area contributed by atoms with Crippen molar-refractivity contribution in [1.29, 1.82) is 0 Å². The van der Waals surface area contributed by atoms with Crippen LogP contribution in [0.2, 0.25) is 0 Å². The van der Waals surface area contributed by atoms with Crippen molar-refractivity contribution in [2.75, 3.05) is 25.0 Å². The number of piperidine rings is 1. The van der Waals surface area contributed by atoms with Gasteiger partial charge in [0.2, 0.25) is 0 Å². The van der Waals surface area contributed by atoms with E-state index in [9.17, 15) is 0 Å². The minimum Gasteiger partial charge on any atom is -0.383 e. The van der Waals surface area contributed by atoms with Gasteiger partial charge in [-0.15, -0.1) is 0 Å². The van der Waals surface area contributed by atoms with Gasteiger partial charge in [0.15, 0.2) is 0 Å². The second kappa shape index (κ2) is 6.97. The topological polar surface area (TPSA) is 28.2 Å². The zero-order valence-electron chi connectivity index (χ0n) is 15.8. The Bertz CT molecular complexity index is 908. The summed E-state index contributed by atoms with van der Waals surface area (Å²) < 4.78 is 0. The van der Waals surface area contributed by atoms with Crippen LogP contribution in [0.5, 0.6) is 0 Å². The number of nitrogens with zero attached hydrogens (tertiary/aromatic N) is 2. The molecule has 1 aromatic heterocycles. The lowest BCUT2D eigenvalue weighted by atomic mass is 9.90. The largest absolute Gasteiger partial charge is 0.383 e. The average molecular weight is 358 g/mol. The van der Waals surface area contributed by atoms with Gasteiger partial charge in [0.25, 0.3) is 0 Å². The summed E-state index contributed by atoms with van der Waals surface area (Å²) in [4.78, 5) is 7.19. The molecule has 1 saturated carbocycles. The van der Waals surface area contributed by atoms with E-state index in [-0.39, 0.29) is 0 Å². The van der Waals surface area contributed by atoms with Gasteiger partial charge in [-0.1, -0.05) is 48.5 Å². The predicted molar refractivity (Wildman–Crippen MR) is 112 cm³/mol. The fourth-order valence-electron chi connectivity index (χ4n) is 4.81. The number of rotatable bonds is 5. The number of fused-ring (bicyclic) bond motifs is 1. The number of para-hydroxylation sites is 1. The van der Waals surface area contributed by atoms with E-state index in [4.69, 9.17) is 0 Å². The molecule has 2 heterocycles. The highest BCUT2D eigenvalue weighted by molar-refractivity contribution is 5.90. The van der Waals surface area contributed by atoms with Crippen molar-refractivity contribution in [2.45, 2.75) is 25.8 Å². The molecule has 1 aliphatic heterocycles. The van der Waals surface area contributed by atoms with Crippen LogP contribution in [0.1, 0.15) is 24.8 Å². The van der Waals surface area contributed by atoms with Gasteiger partial charge in [-0.25, -0.2) is 0 Å². The van der Waals surface area contributed by atoms with Crippen LogP contribution >= 0.6 is 0 Å². The van der Waals surface area contributed by atoms with Crippen LogP contribution in [0.3, 0.4) is 0 Å². The van der Waals surface area contributed by atoms with Crippen LogP contribution < -0.4 is 5.32 Å². The third-order valence-corrected chi connectivity index (χ3v) is 6.63. The van der Waals surface area contributed by atoms with Crippen LogP contribution in [-0.4, -0.2) is 29.5 Å². The van der Waals surface area contributed by atoms with Gasteiger partial charge in [-0.2, -0.15) is 0 Å². The van der Waals surface area contributed by atoms with Crippen LogP contribution in [0.15, 0.2) is 66.9 Å². The lowest BCUT2D eigenvalue weighted by Crippen LogP contribution is -2.35. The fourth-order valence-corrected chi connectivity index (χ4v) is 4.81. The van der Waals surface area contributed by atoms with Crippen molar-refractivity contribution in [3.05, 3.63) is 72.4 Å². The van der Waals surface area contributed by atoms with E-state index < -0.39 is 0 Å². The third kappa shape index (κ3) is 3.44. The molecule has 2 aromatic carbocycles. The Hall–Kier alpha value is -2.39. The maximum Gasteiger partial charge on any atom is 0.0933 e. The average Bonchev–Trinajstić information content (AvgIpc) is 3.41. The molecule has 1 atom stereocenters. The van der Waals surface area contributed by atoms with Crippen molar-refractivity contribution in [3.8, 4) is 0 Å². The highest BCUT2D eigenvalue weighted by atomic mass is 15.1. The molecule has 27 heavy (non-hydrogen) atoms. The van der Waals surface area contributed by atoms with Crippen molar-refractivity contribution >= 4 is 16.6 Å². The van der Waals surface area contributed by atoms with Gasteiger partial charge in [0.05, 0.1) is 11.2 Å². The SMILES string of the molecule is c1ccc(CN2CCC3(CC2)CC3CNc2cccc3cccnc23)cc1. The summed E-state index contributed by atoms with van der Waals surface area (Å²) >= 11 is 0. The van der Waals surface area contributed by atoms with E-state index in [1.807, 2.05) is 12.3 Å². The number of aromatic nitrogens is 1. The number of nitrogens with one attached hydrogen (secondary N) is 1. The molecule has 5 rings (SSSR count). The van der Waals surface area contributed by atoms with E-state index in [0.717, 1.165) is 24.5 Å². The number of anilines is 1. The minimum absolute atomic E-state index is 0.595. The Morgan fingerprint density at radius 2 is 1.78 bits per heavy atom. The molecule has 0 radical (unpaired) electrons. The van der Waals surface area contributed by atoms with Gasteiger partial charge in [-0.05, 0) is 61.4 Å². The normalized spacial score (nSPS) is 21.4. The lowest BCUT2D eigenvalue weighted by Gasteiger charge is -2.33. The molecule has 0 bridgehead atoms. The molecule has 1 unspecified atom stereocenters. The van der Waals surface area contributed by atoms with E-state index in [0.29, 0.717) is 5.41 Å². The number of hydrogen-bond acceptors (Lipinski definition) is 3. The Balaban J connectivity index is 1.16. The Kier molecular flexibility index (Phi) is 4.33. The van der Waals surface area contributed by atoms with Crippen molar-refractivity contribution in [2.24, 2.45) is 11.3 Å². The second-order valence-electron chi connectivity index (χ2n) is 8.29. The molecular formula is C24H27N3. The predicted octanol–water partition coefficient (Wildman–Crippen LogP) is 4.95. The van der Waals surface area contributed by atoms with Gasteiger partial charge in [0.1, 0.15) is 0 Å². The third-order valence-electron chi connectivity index (χ3n) is 6.63. The highest BCUT2D eigenvalue weighted by Crippen LogP contribution is 2.59. The number of hydrogen-bond donors (Lipinski definition) is 1. The fraction of sp³-hybridized carbons (Fsp3) is 0.375. The molecule has 3 nitrogen and oxygen atoms in total. The number of benzene rings is 2. The summed E-state index contributed by atoms with van der Waals surface area (Å²) in [5.74, 6) is 0.815. The summed E-state index contributed by atoms with van der Waals surface area (Å²) in [7, 11) is 0. The number of likely N-dealkylation sites (tertiary alicyclic amines) is 1. The molecule has 0 amide bonds. The first-order valence-corrected chi connectivity index (χ1v) is 10.2. The van der Waals surface area contributed by atoms with E-state index >= 15 is 0 Å². The standard InChI is InChI=1S/C24H27N3/c1-2-6-19(7-3-1)18-27-14-11-24(12-15-27)16-21(24)17-26-22-10-4-8-20-9-5-13-25-23(20)22/h1-10,13,21,26H,11-12,14-18H2. The van der Waals surface area contributed by atoms with E-state index in [1.54, 1.807) is 0 Å². The Morgan fingerprint density at radius 3 is 2.63 bits per heavy atom. The molecule has 138 valence electrons. The van der Waals surface area contributed by atoms with Crippen LogP contribution in [-0.2, 0) is 6.54 Å². The maximum atomic E-state index is 4.56. The molecule has 3 heteroatoms. The molecular weight excluding hydrogens is 330 g/mol. The smallest absolute Gasteiger partial charge is 0.0933 e. The van der Waals surface area contributed by atoms with Gasteiger partial charge >= 0.3 is 0 Å². The highest BCUT2D eigenvalue weighted by Gasteiger charge is 2.54. The first-order chi connectivity index (χ1) is 13.3. The molecule has 1 spiro atoms. The van der Waals surface area contributed by atoms with Gasteiger partial charge in [-0.3, -0.25) is 9.88 Å². The molecule has 1 N–H and O–H groups in total. The molecule has 2 fully saturated rings. The minimum atomic E-state index is 0.595. The van der Waals surface area contributed by atoms with Crippen LogP contribution in [0, 0.1) is 11.3 Å². The van der Waals surface area contributed by atoms with Crippen LogP contribution in [0.4, 0.5) is 5.69 Å².